The fourth-order valence-corrected chi connectivity index (χ4v) is 3.14. The van der Waals surface area contributed by atoms with Gasteiger partial charge in [-0.2, -0.15) is 5.26 Å². The SMILES string of the molecule is Cc1ccc(Cc2cnc(NC(=O)c3cccc(C#N)c3)s2)cc1F. The molecule has 0 bridgehead atoms. The minimum absolute atomic E-state index is 0.229. The second-order valence-electron chi connectivity index (χ2n) is 5.54. The number of nitrogens with one attached hydrogen (secondary N) is 1. The number of amides is 1. The number of aromatic nitrogens is 1. The normalized spacial score (nSPS) is 10.3. The van der Waals surface area contributed by atoms with Crippen molar-refractivity contribution in [2.24, 2.45) is 0 Å². The highest BCUT2D eigenvalue weighted by Crippen LogP contribution is 2.22. The third-order valence-electron chi connectivity index (χ3n) is 3.64. The van der Waals surface area contributed by atoms with Gasteiger partial charge >= 0.3 is 0 Å². The maximum absolute atomic E-state index is 13.6. The van der Waals surface area contributed by atoms with Crippen LogP contribution in [0.1, 0.15) is 31.9 Å². The van der Waals surface area contributed by atoms with Crippen LogP contribution in [0.5, 0.6) is 0 Å². The Bertz CT molecular complexity index is 975. The zero-order valence-electron chi connectivity index (χ0n) is 13.4. The van der Waals surface area contributed by atoms with Crippen LogP contribution in [0.25, 0.3) is 0 Å². The molecule has 1 heterocycles. The smallest absolute Gasteiger partial charge is 0.257 e. The number of nitrogens with zero attached hydrogens (tertiary/aromatic N) is 2. The van der Waals surface area contributed by atoms with Crippen molar-refractivity contribution in [3.63, 3.8) is 0 Å². The van der Waals surface area contributed by atoms with Crippen LogP contribution in [-0.2, 0) is 6.42 Å². The second-order valence-corrected chi connectivity index (χ2v) is 6.65. The Morgan fingerprint density at radius 2 is 2.16 bits per heavy atom. The molecule has 3 aromatic rings. The van der Waals surface area contributed by atoms with Gasteiger partial charge < -0.3 is 0 Å². The zero-order valence-corrected chi connectivity index (χ0v) is 14.2. The van der Waals surface area contributed by atoms with Gasteiger partial charge in [-0.15, -0.1) is 11.3 Å². The molecule has 0 radical (unpaired) electrons. The monoisotopic (exact) mass is 351 g/mol. The van der Waals surface area contributed by atoms with E-state index in [2.05, 4.69) is 10.3 Å². The number of hydrogen-bond donors (Lipinski definition) is 1. The van der Waals surface area contributed by atoms with Crippen molar-refractivity contribution in [1.82, 2.24) is 4.98 Å². The van der Waals surface area contributed by atoms with Crippen molar-refractivity contribution in [2.45, 2.75) is 13.3 Å². The molecule has 124 valence electrons. The fourth-order valence-electron chi connectivity index (χ4n) is 2.29. The van der Waals surface area contributed by atoms with Crippen molar-refractivity contribution in [1.29, 1.82) is 5.26 Å². The largest absolute Gasteiger partial charge is 0.298 e. The van der Waals surface area contributed by atoms with Crippen molar-refractivity contribution in [3.8, 4) is 6.07 Å². The topological polar surface area (TPSA) is 65.8 Å². The van der Waals surface area contributed by atoms with E-state index in [0.717, 1.165) is 10.4 Å². The summed E-state index contributed by atoms with van der Waals surface area (Å²) < 4.78 is 13.6. The average Bonchev–Trinajstić information content (AvgIpc) is 3.05. The fraction of sp³-hybridized carbons (Fsp3) is 0.105. The molecular weight excluding hydrogens is 337 g/mol. The summed E-state index contributed by atoms with van der Waals surface area (Å²) in [5.41, 5.74) is 2.29. The highest BCUT2D eigenvalue weighted by atomic mass is 32.1. The summed E-state index contributed by atoms with van der Waals surface area (Å²) >= 11 is 1.34. The number of anilines is 1. The first-order chi connectivity index (χ1) is 12.0. The number of carbonyl (C=O) groups is 1. The summed E-state index contributed by atoms with van der Waals surface area (Å²) in [5, 5.41) is 12.1. The van der Waals surface area contributed by atoms with E-state index in [0.29, 0.717) is 28.2 Å². The second kappa shape index (κ2) is 7.24. The lowest BCUT2D eigenvalue weighted by atomic mass is 10.1. The van der Waals surface area contributed by atoms with Crippen LogP contribution in [-0.4, -0.2) is 10.9 Å². The number of carbonyl (C=O) groups excluding carboxylic acids is 1. The Morgan fingerprint density at radius 1 is 1.32 bits per heavy atom. The lowest BCUT2D eigenvalue weighted by Crippen LogP contribution is -2.11. The van der Waals surface area contributed by atoms with Gasteiger partial charge in [-0.3, -0.25) is 10.1 Å². The number of nitriles is 1. The van der Waals surface area contributed by atoms with Gasteiger partial charge in [-0.05, 0) is 42.3 Å². The standard InChI is InChI=1S/C19H14FN3OS/c1-12-5-6-13(9-17(12)20)8-16-11-22-19(25-16)23-18(24)15-4-2-3-14(7-15)10-21/h2-7,9,11H,8H2,1H3,(H,22,23,24). The summed E-state index contributed by atoms with van der Waals surface area (Å²) in [4.78, 5) is 17.3. The van der Waals surface area contributed by atoms with Crippen LogP contribution in [0.4, 0.5) is 9.52 Å². The summed E-state index contributed by atoms with van der Waals surface area (Å²) in [6.07, 6.45) is 2.22. The molecular formula is C19H14FN3OS. The molecule has 1 aromatic heterocycles. The average molecular weight is 351 g/mol. The van der Waals surface area contributed by atoms with Crippen molar-refractivity contribution in [3.05, 3.63) is 81.6 Å². The number of aryl methyl sites for hydroxylation is 1. The molecule has 0 aliphatic heterocycles. The van der Waals surface area contributed by atoms with Gasteiger partial charge in [0.1, 0.15) is 5.82 Å². The molecule has 6 heteroatoms. The molecule has 0 atom stereocenters. The molecule has 0 fully saturated rings. The van der Waals surface area contributed by atoms with E-state index in [1.165, 1.54) is 23.5 Å². The molecule has 1 amide bonds. The molecule has 0 saturated heterocycles. The highest BCUT2D eigenvalue weighted by molar-refractivity contribution is 7.15. The Balaban J connectivity index is 1.69. The first-order valence-electron chi connectivity index (χ1n) is 7.56. The van der Waals surface area contributed by atoms with Gasteiger partial charge in [0.25, 0.3) is 5.91 Å². The van der Waals surface area contributed by atoms with Crippen molar-refractivity contribution in [2.75, 3.05) is 5.32 Å². The van der Waals surface area contributed by atoms with Crippen LogP contribution >= 0.6 is 11.3 Å². The highest BCUT2D eigenvalue weighted by Gasteiger charge is 2.10. The number of thiazole rings is 1. The van der Waals surface area contributed by atoms with Crippen LogP contribution in [0.15, 0.2) is 48.7 Å². The van der Waals surface area contributed by atoms with Crippen LogP contribution < -0.4 is 5.32 Å². The molecule has 25 heavy (non-hydrogen) atoms. The van der Waals surface area contributed by atoms with Gasteiger partial charge in [-0.25, -0.2) is 9.37 Å². The maximum Gasteiger partial charge on any atom is 0.257 e. The minimum Gasteiger partial charge on any atom is -0.298 e. The van der Waals surface area contributed by atoms with Gasteiger partial charge in [0.15, 0.2) is 5.13 Å². The molecule has 0 spiro atoms. The number of halogens is 1. The molecule has 0 aliphatic carbocycles. The molecule has 0 aliphatic rings. The Hall–Kier alpha value is -3.04. The Kier molecular flexibility index (Phi) is 4.87. The van der Waals surface area contributed by atoms with Gasteiger partial charge in [0, 0.05) is 23.1 Å². The van der Waals surface area contributed by atoms with Crippen LogP contribution in [0.2, 0.25) is 0 Å². The van der Waals surface area contributed by atoms with Crippen LogP contribution in [0, 0.1) is 24.1 Å². The quantitative estimate of drug-likeness (QED) is 0.762. The zero-order chi connectivity index (χ0) is 17.8. The first kappa shape index (κ1) is 16.8. The van der Waals surface area contributed by atoms with Gasteiger partial charge in [-0.1, -0.05) is 18.2 Å². The molecule has 0 saturated carbocycles. The molecule has 1 N–H and O–H groups in total. The molecule has 0 unspecified atom stereocenters. The number of rotatable bonds is 4. The Morgan fingerprint density at radius 3 is 2.92 bits per heavy atom. The summed E-state index contributed by atoms with van der Waals surface area (Å²) in [5.74, 6) is -0.549. The third-order valence-corrected chi connectivity index (χ3v) is 4.56. The predicted octanol–water partition coefficient (Wildman–Crippen LogP) is 4.31. The maximum atomic E-state index is 13.6. The lowest BCUT2D eigenvalue weighted by Gasteiger charge is -2.02. The lowest BCUT2D eigenvalue weighted by molar-refractivity contribution is 0.102. The van der Waals surface area contributed by atoms with Crippen molar-refractivity contribution < 1.29 is 9.18 Å². The summed E-state index contributed by atoms with van der Waals surface area (Å²) in [7, 11) is 0. The molecule has 3 rings (SSSR count). The predicted molar refractivity (Wildman–Crippen MR) is 95.2 cm³/mol. The summed E-state index contributed by atoms with van der Waals surface area (Å²) in [6, 6.07) is 13.6. The third kappa shape index (κ3) is 4.08. The van der Waals surface area contributed by atoms with E-state index < -0.39 is 0 Å². The number of benzene rings is 2. The van der Waals surface area contributed by atoms with Gasteiger partial charge in [0.2, 0.25) is 0 Å². The molecule has 4 nitrogen and oxygen atoms in total. The van der Waals surface area contributed by atoms with E-state index in [1.54, 1.807) is 37.4 Å². The van der Waals surface area contributed by atoms with E-state index in [1.807, 2.05) is 12.1 Å². The van der Waals surface area contributed by atoms with E-state index >= 15 is 0 Å². The molecule has 2 aromatic carbocycles. The van der Waals surface area contributed by atoms with Crippen molar-refractivity contribution >= 4 is 22.4 Å². The van der Waals surface area contributed by atoms with Crippen LogP contribution in [0.3, 0.4) is 0 Å². The summed E-state index contributed by atoms with van der Waals surface area (Å²) in [6.45, 7) is 1.72. The van der Waals surface area contributed by atoms with Gasteiger partial charge in [0.05, 0.1) is 11.6 Å². The van der Waals surface area contributed by atoms with E-state index in [4.69, 9.17) is 5.26 Å². The minimum atomic E-state index is -0.320. The van der Waals surface area contributed by atoms with E-state index in [-0.39, 0.29) is 11.7 Å². The van der Waals surface area contributed by atoms with E-state index in [9.17, 15) is 9.18 Å². The Labute approximate surface area is 148 Å². The first-order valence-corrected chi connectivity index (χ1v) is 8.38. The number of hydrogen-bond acceptors (Lipinski definition) is 4.